The van der Waals surface area contributed by atoms with Crippen molar-refractivity contribution in [3.05, 3.63) is 108 Å². The molecule has 2 aromatic heterocycles. The Morgan fingerprint density at radius 3 is 2.29 bits per heavy atom. The molecule has 1 N–H and O–H groups in total. The summed E-state index contributed by atoms with van der Waals surface area (Å²) in [5, 5.41) is 5.50. The number of unbranched alkanes of at least 4 members (excludes halogenated alkanes) is 2. The minimum absolute atomic E-state index is 0.00424. The average Bonchev–Trinajstić information content (AvgIpc) is 3.71. The lowest BCUT2D eigenvalue weighted by molar-refractivity contribution is 0.0732. The number of nitrogens with zero attached hydrogens (tertiary/aromatic N) is 5. The summed E-state index contributed by atoms with van der Waals surface area (Å²) in [5.74, 6) is -1.46. The molecule has 0 aliphatic carbocycles. The number of hydrogen-bond donors (Lipinski definition) is 1. The Kier molecular flexibility index (Phi) is 12.6. The van der Waals surface area contributed by atoms with Gasteiger partial charge >= 0.3 is 0 Å². The average molecular weight is 915 g/mol. The molecule has 0 saturated heterocycles. The van der Waals surface area contributed by atoms with Crippen LogP contribution in [0, 0.1) is 6.92 Å². The van der Waals surface area contributed by atoms with Gasteiger partial charge in [0.15, 0.2) is 5.69 Å². The quantitative estimate of drug-likeness (QED) is 0.126. The molecule has 0 spiro atoms. The molecule has 3 heterocycles. The van der Waals surface area contributed by atoms with Crippen LogP contribution in [0.15, 0.2) is 74.6 Å². The molecule has 55 heavy (non-hydrogen) atoms. The van der Waals surface area contributed by atoms with Crippen LogP contribution in [0.3, 0.4) is 0 Å². The first kappa shape index (κ1) is 40.7. The molecular weight excluding hydrogens is 872 g/mol. The van der Waals surface area contributed by atoms with E-state index in [0.29, 0.717) is 63.8 Å². The Balaban J connectivity index is 1.43. The van der Waals surface area contributed by atoms with E-state index in [1.54, 1.807) is 35.9 Å². The van der Waals surface area contributed by atoms with E-state index >= 15 is 0 Å². The highest BCUT2D eigenvalue weighted by molar-refractivity contribution is 9.11. The number of carbonyl (C=O) groups is 3. The van der Waals surface area contributed by atoms with Gasteiger partial charge in [0.25, 0.3) is 27.7 Å². The van der Waals surface area contributed by atoms with Gasteiger partial charge in [-0.1, -0.05) is 62.6 Å². The van der Waals surface area contributed by atoms with Crippen LogP contribution in [0.5, 0.6) is 0 Å². The van der Waals surface area contributed by atoms with Gasteiger partial charge in [-0.2, -0.15) is 5.10 Å². The van der Waals surface area contributed by atoms with Crippen LogP contribution in [0.4, 0.5) is 0 Å². The van der Waals surface area contributed by atoms with Gasteiger partial charge in [-0.15, -0.1) is 0 Å². The molecule has 0 saturated carbocycles. The second-order valence-corrected chi connectivity index (χ2v) is 17.5. The molecule has 290 valence electrons. The van der Waals surface area contributed by atoms with E-state index in [0.717, 1.165) is 41.1 Å². The first-order chi connectivity index (χ1) is 26.3. The number of carbonyl (C=O) groups excluding carboxylic acids is 3. The molecule has 1 aliphatic heterocycles. The van der Waals surface area contributed by atoms with Gasteiger partial charge < -0.3 is 14.8 Å². The second kappa shape index (κ2) is 17.0. The topological polar surface area (TPSA) is 129 Å². The Bertz CT molecular complexity index is 2390. The van der Waals surface area contributed by atoms with Gasteiger partial charge in [-0.05, 0) is 106 Å². The summed E-state index contributed by atoms with van der Waals surface area (Å²) in [4.78, 5) is 49.3. The summed E-state index contributed by atoms with van der Waals surface area (Å²) in [7, 11) is -4.35. The predicted octanol–water partition coefficient (Wildman–Crippen LogP) is 8.93. The van der Waals surface area contributed by atoms with Gasteiger partial charge in [0.2, 0.25) is 0 Å². The molecule has 0 atom stereocenters. The van der Waals surface area contributed by atoms with Crippen molar-refractivity contribution in [1.29, 1.82) is 0 Å². The molecule has 3 amide bonds. The maximum Gasteiger partial charge on any atom is 0.275 e. The smallest absolute Gasteiger partial charge is 0.275 e. The molecule has 5 aromatic rings. The summed E-state index contributed by atoms with van der Waals surface area (Å²) >= 11 is 13.8. The predicted molar refractivity (Wildman–Crippen MR) is 222 cm³/mol. The second-order valence-electron chi connectivity index (χ2n) is 13.6. The number of benzene rings is 3. The number of rotatable bonds is 13. The molecule has 3 aromatic carbocycles. The number of aromatic amines is 1. The number of aromatic nitrogens is 3. The highest BCUT2D eigenvalue weighted by Crippen LogP contribution is 2.34. The SMILES string of the molecule is CCCCN(CCCC)C(=O)c1nn(-c2ccc(C(=O)N(CC)S(=O)(=O)c3cc(Br)c4[nH]cc(Br)c4c3)cc2C(=O)N2CCc3ccccc3C2)c(C)c1Cl. The molecule has 0 unspecified atom stereocenters. The molecule has 15 heteroatoms. The third-order valence-electron chi connectivity index (χ3n) is 9.98. The summed E-state index contributed by atoms with van der Waals surface area (Å²) < 4.78 is 31.7. The molecule has 1 aliphatic rings. The van der Waals surface area contributed by atoms with Crippen LogP contribution in [-0.4, -0.2) is 81.2 Å². The number of halogens is 3. The molecular formula is C40H43Br2ClN6O5S. The lowest BCUT2D eigenvalue weighted by Gasteiger charge is -2.30. The zero-order valence-corrected chi connectivity index (χ0v) is 35.9. The van der Waals surface area contributed by atoms with Gasteiger partial charge in [-0.3, -0.25) is 14.4 Å². The highest BCUT2D eigenvalue weighted by Gasteiger charge is 2.33. The maximum atomic E-state index is 14.6. The van der Waals surface area contributed by atoms with Crippen molar-refractivity contribution >= 4 is 82.1 Å². The van der Waals surface area contributed by atoms with Crippen molar-refractivity contribution in [2.45, 2.75) is 71.2 Å². The van der Waals surface area contributed by atoms with Crippen molar-refractivity contribution in [2.75, 3.05) is 26.2 Å². The highest BCUT2D eigenvalue weighted by atomic mass is 79.9. The fourth-order valence-electron chi connectivity index (χ4n) is 6.85. The Morgan fingerprint density at radius 1 is 0.927 bits per heavy atom. The third kappa shape index (κ3) is 8.01. The van der Waals surface area contributed by atoms with Crippen molar-refractivity contribution < 1.29 is 22.8 Å². The van der Waals surface area contributed by atoms with Gasteiger partial charge in [0.1, 0.15) is 0 Å². The van der Waals surface area contributed by atoms with E-state index < -0.39 is 15.9 Å². The Labute approximate surface area is 343 Å². The van der Waals surface area contributed by atoms with E-state index in [4.69, 9.17) is 16.7 Å². The monoisotopic (exact) mass is 912 g/mol. The fraction of sp³-hybridized carbons (Fsp3) is 0.350. The lowest BCUT2D eigenvalue weighted by Crippen LogP contribution is -2.38. The minimum atomic E-state index is -4.35. The fourth-order valence-corrected chi connectivity index (χ4v) is 9.66. The minimum Gasteiger partial charge on any atom is -0.359 e. The summed E-state index contributed by atoms with van der Waals surface area (Å²) in [6, 6.07) is 15.4. The third-order valence-corrected chi connectivity index (χ3v) is 13.6. The van der Waals surface area contributed by atoms with Crippen LogP contribution in [0.1, 0.15) is 94.5 Å². The van der Waals surface area contributed by atoms with E-state index in [1.165, 1.54) is 28.9 Å². The summed E-state index contributed by atoms with van der Waals surface area (Å²) in [5.41, 5.74) is 3.83. The van der Waals surface area contributed by atoms with E-state index in [1.807, 2.05) is 24.3 Å². The summed E-state index contributed by atoms with van der Waals surface area (Å²) in [6.07, 6.45) is 5.86. The molecule has 0 radical (unpaired) electrons. The normalized spacial score (nSPS) is 12.9. The van der Waals surface area contributed by atoms with E-state index in [-0.39, 0.29) is 45.1 Å². The van der Waals surface area contributed by atoms with Gasteiger partial charge in [-0.25, -0.2) is 17.4 Å². The number of nitrogens with one attached hydrogen (secondary N) is 1. The zero-order chi connectivity index (χ0) is 39.6. The van der Waals surface area contributed by atoms with Crippen molar-refractivity contribution in [1.82, 2.24) is 28.9 Å². The Morgan fingerprint density at radius 2 is 1.62 bits per heavy atom. The lowest BCUT2D eigenvalue weighted by atomic mass is 9.98. The molecule has 6 rings (SSSR count). The number of H-pyrrole nitrogens is 1. The maximum absolute atomic E-state index is 14.6. The molecule has 0 fully saturated rings. The van der Waals surface area contributed by atoms with Crippen molar-refractivity contribution in [3.8, 4) is 5.69 Å². The number of sulfonamides is 1. The first-order valence-electron chi connectivity index (χ1n) is 18.4. The number of amides is 3. The summed E-state index contributed by atoms with van der Waals surface area (Å²) in [6.45, 7) is 9.20. The molecule has 0 bridgehead atoms. The van der Waals surface area contributed by atoms with Crippen molar-refractivity contribution in [2.24, 2.45) is 0 Å². The number of fused-ring (bicyclic) bond motifs is 2. The van der Waals surface area contributed by atoms with Crippen LogP contribution in [0.25, 0.3) is 16.6 Å². The van der Waals surface area contributed by atoms with Crippen LogP contribution in [-0.2, 0) is 23.0 Å². The van der Waals surface area contributed by atoms with Crippen LogP contribution >= 0.6 is 43.5 Å². The van der Waals surface area contributed by atoms with Gasteiger partial charge in [0.05, 0.1) is 32.4 Å². The zero-order valence-electron chi connectivity index (χ0n) is 31.2. The van der Waals surface area contributed by atoms with Crippen molar-refractivity contribution in [3.63, 3.8) is 0 Å². The first-order valence-corrected chi connectivity index (χ1v) is 21.8. The molecule has 11 nitrogen and oxygen atoms in total. The standard InChI is InChI=1S/C40H43Br2ClN6O5S/c1-5-8-17-46(18-9-6-2)40(52)37-35(43)25(4)49(45-37)34-15-14-27(20-31(34)39(51)47-19-16-26-12-10-11-13-28(26)24-47)38(50)48(7-3)55(53,54)29-21-30-33(42)23-44-36(30)32(41)22-29/h10-15,20-23,44H,5-9,16-19,24H2,1-4H3. The largest absolute Gasteiger partial charge is 0.359 e. The van der Waals surface area contributed by atoms with Crippen LogP contribution < -0.4 is 0 Å². The number of hydrogen-bond acceptors (Lipinski definition) is 6. The van der Waals surface area contributed by atoms with Crippen LogP contribution in [0.2, 0.25) is 5.02 Å². The van der Waals surface area contributed by atoms with E-state index in [9.17, 15) is 22.8 Å². The Hall–Kier alpha value is -3.98. The van der Waals surface area contributed by atoms with E-state index in [2.05, 4.69) is 50.7 Å². The van der Waals surface area contributed by atoms with Gasteiger partial charge in [0, 0.05) is 58.8 Å².